The summed E-state index contributed by atoms with van der Waals surface area (Å²) in [4.78, 5) is 16.4. The molecule has 2 saturated heterocycles. The van der Waals surface area contributed by atoms with Gasteiger partial charge in [0.25, 0.3) is 0 Å². The summed E-state index contributed by atoms with van der Waals surface area (Å²) < 4.78 is 23.1. The minimum absolute atomic E-state index is 0. The zero-order chi connectivity index (χ0) is 14.8. The molecule has 2 aliphatic rings. The Bertz CT molecular complexity index is 458. The fourth-order valence-electron chi connectivity index (χ4n) is 3.04. The molecular weight excluding hydrogens is 314 g/mol. The number of hydrogen-bond acceptors (Lipinski definition) is 5. The van der Waals surface area contributed by atoms with Crippen molar-refractivity contribution in [3.05, 3.63) is 0 Å². The molecule has 8 heteroatoms. The van der Waals surface area contributed by atoms with Gasteiger partial charge in [0.1, 0.15) is 0 Å². The molecule has 2 atom stereocenters. The van der Waals surface area contributed by atoms with E-state index in [4.69, 9.17) is 0 Å². The maximum atomic E-state index is 12.5. The highest BCUT2D eigenvalue weighted by atomic mass is 35.5. The van der Waals surface area contributed by atoms with Crippen LogP contribution < -0.4 is 5.32 Å². The monoisotopic (exact) mass is 339 g/mol. The van der Waals surface area contributed by atoms with Crippen LogP contribution in [0.5, 0.6) is 0 Å². The fourth-order valence-corrected chi connectivity index (χ4v) is 4.77. The van der Waals surface area contributed by atoms with Crippen molar-refractivity contribution in [2.24, 2.45) is 0 Å². The number of halogens is 1. The number of carbonyl (C=O) groups is 1. The maximum absolute atomic E-state index is 12.5. The Labute approximate surface area is 133 Å². The van der Waals surface area contributed by atoms with Crippen LogP contribution in [-0.4, -0.2) is 80.4 Å². The Hall–Kier alpha value is -0.370. The normalized spacial score (nSPS) is 28.9. The summed E-state index contributed by atoms with van der Waals surface area (Å²) >= 11 is 0. The van der Waals surface area contributed by atoms with Gasteiger partial charge >= 0.3 is 0 Å². The fraction of sp³-hybridized carbons (Fsp3) is 0.923. The van der Waals surface area contributed by atoms with Crippen molar-refractivity contribution in [2.45, 2.75) is 32.4 Å². The third kappa shape index (κ3) is 4.81. The van der Waals surface area contributed by atoms with Crippen molar-refractivity contribution in [3.8, 4) is 0 Å². The summed E-state index contributed by atoms with van der Waals surface area (Å²) in [6.07, 6.45) is 0.582. The van der Waals surface area contributed by atoms with E-state index >= 15 is 0 Å². The quantitative estimate of drug-likeness (QED) is 0.764. The number of rotatable bonds is 4. The zero-order valence-corrected chi connectivity index (χ0v) is 14.4. The Kier molecular flexibility index (Phi) is 6.90. The molecule has 21 heavy (non-hydrogen) atoms. The lowest BCUT2D eigenvalue weighted by atomic mass is 10.2. The predicted octanol–water partition coefficient (Wildman–Crippen LogP) is -0.262. The van der Waals surface area contributed by atoms with Crippen LogP contribution in [-0.2, 0) is 14.6 Å². The second-order valence-electron chi connectivity index (χ2n) is 5.76. The summed E-state index contributed by atoms with van der Waals surface area (Å²) in [5.74, 6) is 0.401. The second kappa shape index (κ2) is 7.76. The van der Waals surface area contributed by atoms with E-state index in [2.05, 4.69) is 17.1 Å². The van der Waals surface area contributed by atoms with Crippen molar-refractivity contribution in [1.82, 2.24) is 15.1 Å². The van der Waals surface area contributed by atoms with E-state index in [1.165, 1.54) is 0 Å². The van der Waals surface area contributed by atoms with E-state index in [9.17, 15) is 13.2 Å². The van der Waals surface area contributed by atoms with Crippen molar-refractivity contribution < 1.29 is 13.2 Å². The van der Waals surface area contributed by atoms with Gasteiger partial charge in [-0.25, -0.2) is 8.42 Å². The molecule has 6 nitrogen and oxygen atoms in total. The van der Waals surface area contributed by atoms with Gasteiger partial charge in [-0.05, 0) is 20.3 Å². The molecule has 2 fully saturated rings. The number of hydrogen-bond donors (Lipinski definition) is 1. The molecule has 1 amide bonds. The van der Waals surface area contributed by atoms with Gasteiger partial charge in [0.15, 0.2) is 9.84 Å². The van der Waals surface area contributed by atoms with Gasteiger partial charge in [-0.3, -0.25) is 9.69 Å². The lowest BCUT2D eigenvalue weighted by molar-refractivity contribution is -0.134. The van der Waals surface area contributed by atoms with Crippen molar-refractivity contribution in [2.75, 3.05) is 44.2 Å². The second-order valence-corrected chi connectivity index (χ2v) is 7.99. The first-order valence-electron chi connectivity index (χ1n) is 7.37. The Morgan fingerprint density at radius 1 is 1.43 bits per heavy atom. The first-order valence-corrected chi connectivity index (χ1v) is 9.19. The summed E-state index contributed by atoms with van der Waals surface area (Å²) in [5.41, 5.74) is 0. The molecule has 1 unspecified atom stereocenters. The highest BCUT2D eigenvalue weighted by Crippen LogP contribution is 2.18. The van der Waals surface area contributed by atoms with E-state index in [0.29, 0.717) is 25.6 Å². The highest BCUT2D eigenvalue weighted by Gasteiger charge is 2.34. The van der Waals surface area contributed by atoms with Crippen LogP contribution in [0.25, 0.3) is 0 Å². The molecule has 0 aromatic heterocycles. The van der Waals surface area contributed by atoms with Crippen LogP contribution in [0.2, 0.25) is 0 Å². The number of nitrogens with one attached hydrogen (secondary N) is 1. The molecule has 0 aromatic rings. The van der Waals surface area contributed by atoms with Crippen LogP contribution in [0, 0.1) is 0 Å². The molecule has 0 aliphatic carbocycles. The summed E-state index contributed by atoms with van der Waals surface area (Å²) in [6.45, 7) is 7.68. The lowest BCUT2D eigenvalue weighted by Gasteiger charge is -2.36. The van der Waals surface area contributed by atoms with Gasteiger partial charge in [0.05, 0.1) is 18.1 Å². The van der Waals surface area contributed by atoms with E-state index in [1.54, 1.807) is 4.90 Å². The molecule has 2 aliphatic heterocycles. The molecule has 124 valence electrons. The first kappa shape index (κ1) is 18.7. The van der Waals surface area contributed by atoms with E-state index in [0.717, 1.165) is 19.6 Å². The van der Waals surface area contributed by atoms with Gasteiger partial charge in [-0.15, -0.1) is 12.4 Å². The third-order valence-electron chi connectivity index (χ3n) is 4.29. The molecule has 0 aromatic carbocycles. The minimum atomic E-state index is -2.95. The van der Waals surface area contributed by atoms with Crippen molar-refractivity contribution in [1.29, 1.82) is 0 Å². The number of carbonyl (C=O) groups excluding carboxylic acids is 1. The lowest BCUT2D eigenvalue weighted by Crippen LogP contribution is -2.54. The van der Waals surface area contributed by atoms with Crippen LogP contribution in [0.3, 0.4) is 0 Å². The van der Waals surface area contributed by atoms with Gasteiger partial charge in [0, 0.05) is 38.3 Å². The number of piperazine rings is 1. The number of nitrogens with zero attached hydrogens (tertiary/aromatic N) is 2. The van der Waals surface area contributed by atoms with Gasteiger partial charge in [-0.1, -0.05) is 0 Å². The van der Waals surface area contributed by atoms with Gasteiger partial charge in [-0.2, -0.15) is 0 Å². The van der Waals surface area contributed by atoms with Crippen LogP contribution in [0.15, 0.2) is 0 Å². The summed E-state index contributed by atoms with van der Waals surface area (Å²) in [7, 11) is -2.95. The third-order valence-corrected chi connectivity index (χ3v) is 6.04. The van der Waals surface area contributed by atoms with E-state index in [1.807, 2.05) is 6.92 Å². The molecule has 2 rings (SSSR count). The van der Waals surface area contributed by atoms with E-state index in [-0.39, 0.29) is 35.9 Å². The first-order chi connectivity index (χ1) is 9.43. The standard InChI is InChI=1S/C13H25N3O3S.ClH/c1-3-16(12-4-7-20(18,19)10-12)13(17)9-15-6-5-14-8-11(15)2;/h11-12,14H,3-10H2,1-2H3;1H/t11-,12?;/m0./s1. The summed E-state index contributed by atoms with van der Waals surface area (Å²) in [6, 6.07) is 0.217. The van der Waals surface area contributed by atoms with Crippen molar-refractivity contribution in [3.63, 3.8) is 0 Å². The average molecular weight is 340 g/mol. The number of likely N-dealkylation sites (N-methyl/N-ethyl adjacent to an activating group) is 1. The largest absolute Gasteiger partial charge is 0.338 e. The smallest absolute Gasteiger partial charge is 0.237 e. The van der Waals surface area contributed by atoms with Crippen LogP contribution in [0.1, 0.15) is 20.3 Å². The molecule has 1 N–H and O–H groups in total. The summed E-state index contributed by atoms with van der Waals surface area (Å²) in [5, 5.41) is 3.30. The Balaban J connectivity index is 0.00000220. The predicted molar refractivity (Wildman–Crippen MR) is 85.6 cm³/mol. The molecule has 0 radical (unpaired) electrons. The van der Waals surface area contributed by atoms with Gasteiger partial charge < -0.3 is 10.2 Å². The molecular formula is C13H26ClN3O3S. The Morgan fingerprint density at radius 3 is 2.67 bits per heavy atom. The maximum Gasteiger partial charge on any atom is 0.237 e. The highest BCUT2D eigenvalue weighted by molar-refractivity contribution is 7.91. The minimum Gasteiger partial charge on any atom is -0.338 e. The topological polar surface area (TPSA) is 69.7 Å². The zero-order valence-electron chi connectivity index (χ0n) is 12.7. The van der Waals surface area contributed by atoms with Crippen LogP contribution in [0.4, 0.5) is 0 Å². The average Bonchev–Trinajstić information content (AvgIpc) is 2.73. The molecule has 0 bridgehead atoms. The Morgan fingerprint density at radius 2 is 2.14 bits per heavy atom. The number of amides is 1. The van der Waals surface area contributed by atoms with Crippen molar-refractivity contribution >= 4 is 28.2 Å². The molecule has 0 saturated carbocycles. The van der Waals surface area contributed by atoms with Gasteiger partial charge in [0.2, 0.25) is 5.91 Å². The van der Waals surface area contributed by atoms with E-state index < -0.39 is 9.84 Å². The SMILES string of the molecule is CCN(C(=O)CN1CCNC[C@@H]1C)C1CCS(=O)(=O)C1.Cl. The van der Waals surface area contributed by atoms with Crippen LogP contribution >= 0.6 is 12.4 Å². The number of sulfone groups is 1. The molecule has 0 spiro atoms. The molecule has 2 heterocycles.